The number of hydrogen-bond donors (Lipinski definition) is 1. The standard InChI is InChI=1S/C14H18ClN3/c1-3-14(4-2,10-15)17-13-12-8-6-5-7-11(12)9-16-18-13/h5-9H,3-4,10H2,1-2H3,(H,17,18). The van der Waals surface area contributed by atoms with E-state index in [0.29, 0.717) is 5.88 Å². The molecule has 0 saturated heterocycles. The molecule has 18 heavy (non-hydrogen) atoms. The van der Waals surface area contributed by atoms with E-state index >= 15 is 0 Å². The molecule has 0 aliphatic rings. The van der Waals surface area contributed by atoms with Gasteiger partial charge in [0.15, 0.2) is 5.82 Å². The Hall–Kier alpha value is -1.35. The van der Waals surface area contributed by atoms with Crippen molar-refractivity contribution < 1.29 is 0 Å². The van der Waals surface area contributed by atoms with Crippen molar-refractivity contribution in [2.45, 2.75) is 32.2 Å². The van der Waals surface area contributed by atoms with Gasteiger partial charge in [0.2, 0.25) is 0 Å². The summed E-state index contributed by atoms with van der Waals surface area (Å²) >= 11 is 6.11. The van der Waals surface area contributed by atoms with Crippen LogP contribution in [0.1, 0.15) is 26.7 Å². The molecule has 3 nitrogen and oxygen atoms in total. The number of nitrogens with zero attached hydrogens (tertiary/aromatic N) is 2. The third-order valence-corrected chi connectivity index (χ3v) is 4.07. The number of nitrogens with one attached hydrogen (secondary N) is 1. The highest BCUT2D eigenvalue weighted by Gasteiger charge is 2.25. The largest absolute Gasteiger partial charge is 0.361 e. The van der Waals surface area contributed by atoms with Crippen LogP contribution in [-0.2, 0) is 0 Å². The number of rotatable bonds is 5. The highest BCUT2D eigenvalue weighted by Crippen LogP contribution is 2.27. The van der Waals surface area contributed by atoms with E-state index < -0.39 is 0 Å². The summed E-state index contributed by atoms with van der Waals surface area (Å²) in [6.45, 7) is 4.27. The molecule has 0 amide bonds. The molecule has 2 aromatic rings. The van der Waals surface area contributed by atoms with E-state index in [4.69, 9.17) is 11.6 Å². The van der Waals surface area contributed by atoms with Gasteiger partial charge in [-0.05, 0) is 12.8 Å². The smallest absolute Gasteiger partial charge is 0.157 e. The fourth-order valence-corrected chi connectivity index (χ4v) is 2.47. The molecule has 0 fully saturated rings. The highest BCUT2D eigenvalue weighted by atomic mass is 35.5. The van der Waals surface area contributed by atoms with Gasteiger partial charge in [0.1, 0.15) is 0 Å². The first-order chi connectivity index (χ1) is 8.74. The Morgan fingerprint density at radius 1 is 1.22 bits per heavy atom. The monoisotopic (exact) mass is 263 g/mol. The summed E-state index contributed by atoms with van der Waals surface area (Å²) in [6, 6.07) is 8.10. The van der Waals surface area contributed by atoms with E-state index in [9.17, 15) is 0 Å². The van der Waals surface area contributed by atoms with E-state index in [0.717, 1.165) is 29.4 Å². The molecule has 0 unspecified atom stereocenters. The zero-order valence-corrected chi connectivity index (χ0v) is 11.5. The van der Waals surface area contributed by atoms with Gasteiger partial charge in [-0.1, -0.05) is 38.1 Å². The molecule has 1 aromatic carbocycles. The van der Waals surface area contributed by atoms with Crippen molar-refractivity contribution >= 4 is 28.2 Å². The SMILES string of the molecule is CCC(CC)(CCl)Nc1nncc2ccccc12. The second kappa shape index (κ2) is 5.53. The van der Waals surface area contributed by atoms with Crippen molar-refractivity contribution in [2.24, 2.45) is 0 Å². The molecule has 1 N–H and O–H groups in total. The Morgan fingerprint density at radius 3 is 2.61 bits per heavy atom. The molecule has 1 heterocycles. The number of hydrogen-bond acceptors (Lipinski definition) is 3. The minimum Gasteiger partial charge on any atom is -0.361 e. The van der Waals surface area contributed by atoms with Crippen LogP contribution in [0.3, 0.4) is 0 Å². The Bertz CT molecular complexity index is 510. The van der Waals surface area contributed by atoms with Gasteiger partial charge in [-0.2, -0.15) is 5.10 Å². The summed E-state index contributed by atoms with van der Waals surface area (Å²) in [6.07, 6.45) is 3.69. The number of halogens is 1. The zero-order chi connectivity index (χ0) is 13.0. The van der Waals surface area contributed by atoms with Crippen LogP contribution in [0.4, 0.5) is 5.82 Å². The maximum Gasteiger partial charge on any atom is 0.157 e. The molecular weight excluding hydrogens is 246 g/mol. The quantitative estimate of drug-likeness (QED) is 0.833. The lowest BCUT2D eigenvalue weighted by Crippen LogP contribution is -2.39. The van der Waals surface area contributed by atoms with Crippen LogP contribution >= 0.6 is 11.6 Å². The zero-order valence-electron chi connectivity index (χ0n) is 10.8. The van der Waals surface area contributed by atoms with Gasteiger partial charge in [0, 0.05) is 16.7 Å². The van der Waals surface area contributed by atoms with Crippen LogP contribution in [0.2, 0.25) is 0 Å². The van der Waals surface area contributed by atoms with Crippen LogP contribution < -0.4 is 5.32 Å². The van der Waals surface area contributed by atoms with E-state index in [1.54, 1.807) is 6.20 Å². The van der Waals surface area contributed by atoms with E-state index in [1.165, 1.54) is 0 Å². The van der Waals surface area contributed by atoms with Gasteiger partial charge in [0.25, 0.3) is 0 Å². The van der Waals surface area contributed by atoms with Crippen LogP contribution in [0, 0.1) is 0 Å². The van der Waals surface area contributed by atoms with Crippen molar-refractivity contribution in [1.82, 2.24) is 10.2 Å². The Balaban J connectivity index is 2.42. The van der Waals surface area contributed by atoms with Gasteiger partial charge in [-0.15, -0.1) is 16.7 Å². The topological polar surface area (TPSA) is 37.8 Å². The van der Waals surface area contributed by atoms with Gasteiger partial charge >= 0.3 is 0 Å². The van der Waals surface area contributed by atoms with Crippen molar-refractivity contribution in [3.8, 4) is 0 Å². The Morgan fingerprint density at radius 2 is 1.94 bits per heavy atom. The molecule has 1 aromatic heterocycles. The summed E-state index contributed by atoms with van der Waals surface area (Å²) in [5.74, 6) is 1.38. The molecule has 0 aliphatic heterocycles. The minimum atomic E-state index is -0.111. The molecule has 0 radical (unpaired) electrons. The molecule has 2 rings (SSSR count). The van der Waals surface area contributed by atoms with Gasteiger partial charge in [-0.3, -0.25) is 0 Å². The maximum atomic E-state index is 6.11. The summed E-state index contributed by atoms with van der Waals surface area (Å²) < 4.78 is 0. The van der Waals surface area contributed by atoms with Crippen molar-refractivity contribution in [3.63, 3.8) is 0 Å². The van der Waals surface area contributed by atoms with Gasteiger partial charge in [-0.25, -0.2) is 0 Å². The first-order valence-corrected chi connectivity index (χ1v) is 6.82. The molecule has 0 bridgehead atoms. The first-order valence-electron chi connectivity index (χ1n) is 6.29. The Labute approximate surface area is 113 Å². The summed E-state index contributed by atoms with van der Waals surface area (Å²) in [5.41, 5.74) is -0.111. The number of anilines is 1. The van der Waals surface area contributed by atoms with Crippen LogP contribution in [-0.4, -0.2) is 21.6 Å². The maximum absolute atomic E-state index is 6.11. The van der Waals surface area contributed by atoms with E-state index in [2.05, 4.69) is 35.4 Å². The number of aromatic nitrogens is 2. The number of benzene rings is 1. The molecule has 0 atom stereocenters. The second-order valence-corrected chi connectivity index (χ2v) is 4.79. The molecule has 0 spiro atoms. The van der Waals surface area contributed by atoms with Crippen molar-refractivity contribution in [2.75, 3.05) is 11.2 Å². The van der Waals surface area contributed by atoms with Crippen molar-refractivity contribution in [1.29, 1.82) is 0 Å². The number of alkyl halides is 1. The van der Waals surface area contributed by atoms with Crippen LogP contribution in [0.25, 0.3) is 10.8 Å². The molecule has 96 valence electrons. The second-order valence-electron chi connectivity index (χ2n) is 4.53. The van der Waals surface area contributed by atoms with Crippen LogP contribution in [0.5, 0.6) is 0 Å². The molecular formula is C14H18ClN3. The van der Waals surface area contributed by atoms with E-state index in [1.807, 2.05) is 18.2 Å². The predicted octanol–water partition coefficient (Wildman–Crippen LogP) is 3.84. The Kier molecular flexibility index (Phi) is 4.02. The third kappa shape index (κ3) is 2.41. The third-order valence-electron chi connectivity index (χ3n) is 3.56. The summed E-state index contributed by atoms with van der Waals surface area (Å²) in [7, 11) is 0. The van der Waals surface area contributed by atoms with Crippen molar-refractivity contribution in [3.05, 3.63) is 30.5 Å². The predicted molar refractivity (Wildman–Crippen MR) is 77.2 cm³/mol. The fourth-order valence-electron chi connectivity index (χ4n) is 2.02. The average Bonchev–Trinajstić information content (AvgIpc) is 2.45. The highest BCUT2D eigenvalue weighted by molar-refractivity contribution is 6.18. The van der Waals surface area contributed by atoms with Gasteiger partial charge < -0.3 is 5.32 Å². The lowest BCUT2D eigenvalue weighted by atomic mass is 9.95. The first kappa shape index (κ1) is 13.1. The van der Waals surface area contributed by atoms with E-state index in [-0.39, 0.29) is 5.54 Å². The fraction of sp³-hybridized carbons (Fsp3) is 0.429. The van der Waals surface area contributed by atoms with Crippen LogP contribution in [0.15, 0.2) is 30.5 Å². The normalized spacial score (nSPS) is 11.7. The number of fused-ring (bicyclic) bond motifs is 1. The molecule has 0 saturated carbocycles. The summed E-state index contributed by atoms with van der Waals surface area (Å²) in [4.78, 5) is 0. The summed E-state index contributed by atoms with van der Waals surface area (Å²) in [5, 5.41) is 13.9. The molecule has 0 aliphatic carbocycles. The minimum absolute atomic E-state index is 0.111. The van der Waals surface area contributed by atoms with Gasteiger partial charge in [0.05, 0.1) is 11.7 Å². The lowest BCUT2D eigenvalue weighted by Gasteiger charge is -2.31. The molecule has 4 heteroatoms. The average molecular weight is 264 g/mol. The lowest BCUT2D eigenvalue weighted by molar-refractivity contribution is 0.482.